The molecule has 184 valence electrons. The van der Waals surface area contributed by atoms with Crippen LogP contribution in [0.15, 0.2) is 89.8 Å². The van der Waals surface area contributed by atoms with Gasteiger partial charge in [0.25, 0.3) is 10.0 Å². The molecule has 1 unspecified atom stereocenters. The van der Waals surface area contributed by atoms with Crippen molar-refractivity contribution in [3.05, 3.63) is 95.5 Å². The molecule has 0 heterocycles. The lowest BCUT2D eigenvalue weighted by atomic mass is 10.1. The first kappa shape index (κ1) is 26.2. The number of anilines is 1. The monoisotopic (exact) mass is 513 g/mol. The maximum Gasteiger partial charge on any atom is 0.264 e. The van der Waals surface area contributed by atoms with Gasteiger partial charge in [0.1, 0.15) is 12.6 Å². The van der Waals surface area contributed by atoms with Gasteiger partial charge in [0.15, 0.2) is 0 Å². The minimum absolute atomic E-state index is 0.0423. The second-order valence-corrected chi connectivity index (χ2v) is 10.1. The molecule has 1 N–H and O–H groups in total. The number of carbonyl (C=O) groups excluding carboxylic acids is 2. The standard InChI is InChI=1S/C26H28ClN3O4S/c1-3-24(26(32)28-2)29(18-20-11-6-4-7-12-20)25(31)19-30(22-14-10-13-21(27)17-22)35(33,34)23-15-8-5-9-16-23/h4-17,24H,3,18-19H2,1-2H3,(H,28,32). The highest BCUT2D eigenvalue weighted by atomic mass is 35.5. The molecule has 9 heteroatoms. The Morgan fingerprint density at radius 3 is 2.14 bits per heavy atom. The Kier molecular flexibility index (Phi) is 8.89. The second kappa shape index (κ2) is 11.9. The summed E-state index contributed by atoms with van der Waals surface area (Å²) >= 11 is 6.15. The number of nitrogens with zero attached hydrogens (tertiary/aromatic N) is 2. The van der Waals surface area contributed by atoms with Gasteiger partial charge in [-0.05, 0) is 42.3 Å². The summed E-state index contributed by atoms with van der Waals surface area (Å²) in [6.07, 6.45) is 0.362. The van der Waals surface area contributed by atoms with Crippen LogP contribution in [0, 0.1) is 0 Å². The van der Waals surface area contributed by atoms with Crippen LogP contribution in [0.3, 0.4) is 0 Å². The van der Waals surface area contributed by atoms with Crippen molar-refractivity contribution in [2.24, 2.45) is 0 Å². The SMILES string of the molecule is CCC(C(=O)NC)N(Cc1ccccc1)C(=O)CN(c1cccc(Cl)c1)S(=O)(=O)c1ccccc1. The zero-order valence-electron chi connectivity index (χ0n) is 19.6. The smallest absolute Gasteiger partial charge is 0.264 e. The molecule has 35 heavy (non-hydrogen) atoms. The third kappa shape index (κ3) is 6.41. The van der Waals surface area contributed by atoms with E-state index in [-0.39, 0.29) is 23.0 Å². The quantitative estimate of drug-likeness (QED) is 0.442. The number of amides is 2. The highest BCUT2D eigenvalue weighted by Crippen LogP contribution is 2.27. The predicted octanol–water partition coefficient (Wildman–Crippen LogP) is 4.09. The Balaban J connectivity index is 2.04. The molecule has 2 amide bonds. The second-order valence-electron chi connectivity index (χ2n) is 7.85. The van der Waals surface area contributed by atoms with E-state index in [1.54, 1.807) is 43.3 Å². The molecule has 1 atom stereocenters. The van der Waals surface area contributed by atoms with Crippen molar-refractivity contribution in [1.29, 1.82) is 0 Å². The molecule has 0 fully saturated rings. The van der Waals surface area contributed by atoms with Crippen LogP contribution in [-0.4, -0.2) is 44.8 Å². The molecular weight excluding hydrogens is 486 g/mol. The first-order chi connectivity index (χ1) is 16.8. The van der Waals surface area contributed by atoms with E-state index in [1.807, 2.05) is 30.3 Å². The predicted molar refractivity (Wildman–Crippen MR) is 138 cm³/mol. The van der Waals surface area contributed by atoms with E-state index in [1.165, 1.54) is 30.1 Å². The van der Waals surface area contributed by atoms with E-state index in [9.17, 15) is 18.0 Å². The summed E-state index contributed by atoms with van der Waals surface area (Å²) in [4.78, 5) is 27.8. The first-order valence-corrected chi connectivity index (χ1v) is 13.0. The molecule has 3 aromatic carbocycles. The Labute approximate surface area is 211 Å². The number of rotatable bonds is 10. The number of likely N-dealkylation sites (N-methyl/N-ethyl adjacent to an activating group) is 1. The minimum atomic E-state index is -4.10. The summed E-state index contributed by atoms with van der Waals surface area (Å²) in [6.45, 7) is 1.46. The molecular formula is C26H28ClN3O4S. The molecule has 0 aromatic heterocycles. The fraction of sp³-hybridized carbons (Fsp3) is 0.231. The number of sulfonamides is 1. The molecule has 0 bridgehead atoms. The number of hydrogen-bond donors (Lipinski definition) is 1. The lowest BCUT2D eigenvalue weighted by molar-refractivity contribution is -0.140. The maximum atomic E-state index is 13.7. The largest absolute Gasteiger partial charge is 0.357 e. The maximum absolute atomic E-state index is 13.7. The van der Waals surface area contributed by atoms with Crippen LogP contribution in [0.4, 0.5) is 5.69 Å². The third-order valence-corrected chi connectivity index (χ3v) is 7.56. The molecule has 0 radical (unpaired) electrons. The summed E-state index contributed by atoms with van der Waals surface area (Å²) in [5.74, 6) is -0.833. The van der Waals surface area contributed by atoms with Crippen LogP contribution in [0.25, 0.3) is 0 Å². The van der Waals surface area contributed by atoms with Crippen molar-refractivity contribution < 1.29 is 18.0 Å². The van der Waals surface area contributed by atoms with Gasteiger partial charge in [-0.25, -0.2) is 8.42 Å². The van der Waals surface area contributed by atoms with Gasteiger partial charge in [0, 0.05) is 18.6 Å². The van der Waals surface area contributed by atoms with Crippen molar-refractivity contribution in [2.75, 3.05) is 17.9 Å². The van der Waals surface area contributed by atoms with E-state index in [2.05, 4.69) is 5.32 Å². The fourth-order valence-electron chi connectivity index (χ4n) is 3.75. The van der Waals surface area contributed by atoms with E-state index in [4.69, 9.17) is 11.6 Å². The molecule has 7 nitrogen and oxygen atoms in total. The van der Waals surface area contributed by atoms with Crippen molar-refractivity contribution in [3.63, 3.8) is 0 Å². The summed E-state index contributed by atoms with van der Waals surface area (Å²) in [6, 6.07) is 22.7. The Bertz CT molecular complexity index is 1250. The highest BCUT2D eigenvalue weighted by molar-refractivity contribution is 7.92. The third-order valence-electron chi connectivity index (χ3n) is 5.53. The highest BCUT2D eigenvalue weighted by Gasteiger charge is 2.33. The number of benzene rings is 3. The summed E-state index contributed by atoms with van der Waals surface area (Å²) in [5, 5.41) is 2.94. The summed E-state index contributed by atoms with van der Waals surface area (Å²) < 4.78 is 28.3. The van der Waals surface area contributed by atoms with Gasteiger partial charge in [-0.3, -0.25) is 13.9 Å². The van der Waals surface area contributed by atoms with Crippen molar-refractivity contribution >= 4 is 39.1 Å². The van der Waals surface area contributed by atoms with Gasteiger partial charge in [0.05, 0.1) is 10.6 Å². The number of carbonyl (C=O) groups is 2. The minimum Gasteiger partial charge on any atom is -0.357 e. The van der Waals surface area contributed by atoms with Gasteiger partial charge in [-0.15, -0.1) is 0 Å². The van der Waals surface area contributed by atoms with Crippen LogP contribution < -0.4 is 9.62 Å². The summed E-state index contributed by atoms with van der Waals surface area (Å²) in [7, 11) is -2.60. The lowest BCUT2D eigenvalue weighted by Crippen LogP contribution is -2.51. The molecule has 0 aliphatic heterocycles. The fourth-order valence-corrected chi connectivity index (χ4v) is 5.36. The number of nitrogens with one attached hydrogen (secondary N) is 1. The van der Waals surface area contributed by atoms with Crippen molar-refractivity contribution in [2.45, 2.75) is 30.8 Å². The summed E-state index contributed by atoms with van der Waals surface area (Å²) in [5.41, 5.74) is 1.07. The van der Waals surface area contributed by atoms with Gasteiger partial charge in [-0.2, -0.15) is 0 Å². The zero-order chi connectivity index (χ0) is 25.4. The molecule has 3 aromatic rings. The van der Waals surface area contributed by atoms with E-state index < -0.39 is 28.5 Å². The zero-order valence-corrected chi connectivity index (χ0v) is 21.2. The molecule has 0 saturated carbocycles. The van der Waals surface area contributed by atoms with Gasteiger partial charge >= 0.3 is 0 Å². The van der Waals surface area contributed by atoms with Crippen molar-refractivity contribution in [3.8, 4) is 0 Å². The van der Waals surface area contributed by atoms with Gasteiger partial charge < -0.3 is 10.2 Å². The van der Waals surface area contributed by atoms with Crippen LogP contribution >= 0.6 is 11.6 Å². The Morgan fingerprint density at radius 1 is 0.943 bits per heavy atom. The van der Waals surface area contributed by atoms with E-state index in [0.29, 0.717) is 11.4 Å². The lowest BCUT2D eigenvalue weighted by Gasteiger charge is -2.33. The Morgan fingerprint density at radius 2 is 1.57 bits per heavy atom. The van der Waals surface area contributed by atoms with Crippen LogP contribution in [0.5, 0.6) is 0 Å². The average Bonchev–Trinajstić information content (AvgIpc) is 2.87. The number of halogens is 1. The van der Waals surface area contributed by atoms with Crippen LogP contribution in [0.2, 0.25) is 5.02 Å². The topological polar surface area (TPSA) is 86.8 Å². The normalized spacial score (nSPS) is 12.0. The Hall–Kier alpha value is -3.36. The van der Waals surface area contributed by atoms with Crippen LogP contribution in [0.1, 0.15) is 18.9 Å². The molecule has 0 saturated heterocycles. The average molecular weight is 514 g/mol. The van der Waals surface area contributed by atoms with Crippen LogP contribution in [-0.2, 0) is 26.2 Å². The van der Waals surface area contributed by atoms with Crippen molar-refractivity contribution in [1.82, 2.24) is 10.2 Å². The van der Waals surface area contributed by atoms with Gasteiger partial charge in [0.2, 0.25) is 11.8 Å². The molecule has 3 rings (SSSR count). The van der Waals surface area contributed by atoms with E-state index >= 15 is 0 Å². The molecule has 0 aliphatic rings. The van der Waals surface area contributed by atoms with E-state index in [0.717, 1.165) is 9.87 Å². The number of hydrogen-bond acceptors (Lipinski definition) is 4. The molecule has 0 aliphatic carbocycles. The van der Waals surface area contributed by atoms with Gasteiger partial charge in [-0.1, -0.05) is 73.1 Å². The first-order valence-electron chi connectivity index (χ1n) is 11.2. The molecule has 0 spiro atoms.